The third-order valence-electron chi connectivity index (χ3n) is 3.68. The van der Waals surface area contributed by atoms with Crippen molar-refractivity contribution in [1.29, 1.82) is 0 Å². The minimum Gasteiger partial charge on any atom is -0.490 e. The molecule has 1 aromatic heterocycles. The lowest BCUT2D eigenvalue weighted by Crippen LogP contribution is -1.92. The average molecular weight is 320 g/mol. The van der Waals surface area contributed by atoms with E-state index in [4.69, 9.17) is 4.74 Å². The van der Waals surface area contributed by atoms with Crippen LogP contribution >= 0.6 is 11.3 Å². The van der Waals surface area contributed by atoms with E-state index in [1.165, 1.54) is 26.4 Å². The van der Waals surface area contributed by atoms with Crippen molar-refractivity contribution in [3.05, 3.63) is 77.7 Å². The highest BCUT2D eigenvalue weighted by Gasteiger charge is 2.03. The second kappa shape index (κ2) is 7.30. The zero-order valence-corrected chi connectivity index (χ0v) is 14.3. The van der Waals surface area contributed by atoms with Crippen molar-refractivity contribution in [3.8, 4) is 27.3 Å². The van der Waals surface area contributed by atoms with Gasteiger partial charge in [-0.1, -0.05) is 48.6 Å². The maximum absolute atomic E-state index is 5.63. The Morgan fingerprint density at radius 3 is 2.00 bits per heavy atom. The molecule has 3 rings (SSSR count). The molecule has 116 valence electrons. The van der Waals surface area contributed by atoms with Crippen LogP contribution in [0.15, 0.2) is 72.8 Å². The highest BCUT2D eigenvalue weighted by atomic mass is 32.1. The molecule has 1 heterocycles. The summed E-state index contributed by atoms with van der Waals surface area (Å²) < 4.78 is 5.63. The standard InChI is InChI=1S/C21H20OS/c1-3-4-15-22-20-12-10-18(11-13-20)17-6-8-19(9-7-17)21-14-5-16(2)23-21/h3-14H,15H2,1-2H3. The van der Waals surface area contributed by atoms with E-state index in [2.05, 4.69) is 55.5 Å². The highest BCUT2D eigenvalue weighted by Crippen LogP contribution is 2.30. The Kier molecular flexibility index (Phi) is 4.94. The van der Waals surface area contributed by atoms with Crippen LogP contribution in [-0.2, 0) is 0 Å². The van der Waals surface area contributed by atoms with Gasteiger partial charge in [0.1, 0.15) is 12.4 Å². The number of ether oxygens (including phenoxy) is 1. The van der Waals surface area contributed by atoms with Gasteiger partial charge < -0.3 is 4.74 Å². The highest BCUT2D eigenvalue weighted by molar-refractivity contribution is 7.15. The minimum absolute atomic E-state index is 0.616. The van der Waals surface area contributed by atoms with Crippen molar-refractivity contribution < 1.29 is 4.74 Å². The van der Waals surface area contributed by atoms with Gasteiger partial charge in [-0.25, -0.2) is 0 Å². The number of thiophene rings is 1. The molecule has 0 unspecified atom stereocenters. The van der Waals surface area contributed by atoms with Crippen molar-refractivity contribution in [1.82, 2.24) is 0 Å². The lowest BCUT2D eigenvalue weighted by Gasteiger charge is -2.06. The monoisotopic (exact) mass is 320 g/mol. The zero-order valence-electron chi connectivity index (χ0n) is 13.5. The largest absolute Gasteiger partial charge is 0.490 e. The molecule has 2 heteroatoms. The second-order valence-electron chi connectivity index (χ2n) is 5.39. The molecule has 3 aromatic rings. The smallest absolute Gasteiger partial charge is 0.119 e. The van der Waals surface area contributed by atoms with E-state index in [1.807, 2.05) is 42.5 Å². The summed E-state index contributed by atoms with van der Waals surface area (Å²) in [5.74, 6) is 0.900. The predicted octanol–water partition coefficient (Wildman–Crippen LogP) is 6.35. The molecule has 0 saturated heterocycles. The van der Waals surface area contributed by atoms with Crippen LogP contribution in [0.1, 0.15) is 11.8 Å². The van der Waals surface area contributed by atoms with Crippen molar-refractivity contribution in [2.75, 3.05) is 6.61 Å². The van der Waals surface area contributed by atoms with Gasteiger partial charge in [0.15, 0.2) is 0 Å². The molecule has 0 aliphatic carbocycles. The Bertz CT molecular complexity index is 779. The van der Waals surface area contributed by atoms with Crippen LogP contribution in [-0.4, -0.2) is 6.61 Å². The van der Waals surface area contributed by atoms with Gasteiger partial charge in [-0.3, -0.25) is 0 Å². The predicted molar refractivity (Wildman–Crippen MR) is 100 cm³/mol. The lowest BCUT2D eigenvalue weighted by molar-refractivity contribution is 0.363. The molecule has 0 aliphatic rings. The first-order valence-electron chi connectivity index (χ1n) is 7.77. The normalized spacial score (nSPS) is 11.0. The Balaban J connectivity index is 1.74. The number of rotatable bonds is 5. The number of aryl methyl sites for hydroxylation is 1. The van der Waals surface area contributed by atoms with E-state index in [9.17, 15) is 0 Å². The van der Waals surface area contributed by atoms with Gasteiger partial charge in [-0.05, 0) is 54.8 Å². The average Bonchev–Trinajstić information content (AvgIpc) is 3.02. The molecule has 0 atom stereocenters. The number of hydrogen-bond donors (Lipinski definition) is 0. The van der Waals surface area contributed by atoms with Crippen molar-refractivity contribution in [3.63, 3.8) is 0 Å². The van der Waals surface area contributed by atoms with Crippen LogP contribution in [0.5, 0.6) is 5.75 Å². The first kappa shape index (κ1) is 15.6. The molecular weight excluding hydrogens is 300 g/mol. The summed E-state index contributed by atoms with van der Waals surface area (Å²) in [7, 11) is 0. The summed E-state index contributed by atoms with van der Waals surface area (Å²) in [4.78, 5) is 2.67. The minimum atomic E-state index is 0.616. The third-order valence-corrected chi connectivity index (χ3v) is 4.73. The fraction of sp³-hybridized carbons (Fsp3) is 0.143. The fourth-order valence-electron chi connectivity index (χ4n) is 2.40. The molecule has 0 fully saturated rings. The molecule has 0 aliphatic heterocycles. The van der Waals surface area contributed by atoms with Crippen LogP contribution in [0.3, 0.4) is 0 Å². The Morgan fingerprint density at radius 1 is 0.826 bits per heavy atom. The maximum atomic E-state index is 5.63. The van der Waals surface area contributed by atoms with E-state index in [0.29, 0.717) is 6.61 Å². The summed E-state index contributed by atoms with van der Waals surface area (Å²) in [6, 6.07) is 21.4. The molecule has 0 radical (unpaired) electrons. The molecular formula is C21H20OS. The molecule has 0 spiro atoms. The molecule has 0 bridgehead atoms. The van der Waals surface area contributed by atoms with Crippen LogP contribution in [0.25, 0.3) is 21.6 Å². The van der Waals surface area contributed by atoms with Gasteiger partial charge in [0.2, 0.25) is 0 Å². The van der Waals surface area contributed by atoms with Crippen LogP contribution in [0.4, 0.5) is 0 Å². The summed E-state index contributed by atoms with van der Waals surface area (Å²) in [5.41, 5.74) is 3.71. The summed E-state index contributed by atoms with van der Waals surface area (Å²) >= 11 is 1.83. The Labute approximate surface area is 141 Å². The molecule has 0 saturated carbocycles. The Hall–Kier alpha value is -2.32. The fourth-order valence-corrected chi connectivity index (χ4v) is 3.27. The number of allylic oxidation sites excluding steroid dienone is 1. The first-order chi connectivity index (χ1) is 11.3. The van der Waals surface area contributed by atoms with Crippen LogP contribution in [0, 0.1) is 6.92 Å². The molecule has 1 nitrogen and oxygen atoms in total. The van der Waals surface area contributed by atoms with Crippen molar-refractivity contribution >= 4 is 11.3 Å². The van der Waals surface area contributed by atoms with Crippen LogP contribution in [0.2, 0.25) is 0 Å². The van der Waals surface area contributed by atoms with Gasteiger partial charge in [0.05, 0.1) is 0 Å². The van der Waals surface area contributed by atoms with Crippen molar-refractivity contribution in [2.45, 2.75) is 13.8 Å². The zero-order chi connectivity index (χ0) is 16.1. The second-order valence-corrected chi connectivity index (χ2v) is 6.68. The first-order valence-corrected chi connectivity index (χ1v) is 8.59. The SMILES string of the molecule is CC=CCOc1ccc(-c2ccc(-c3ccc(C)s3)cc2)cc1. The maximum Gasteiger partial charge on any atom is 0.119 e. The van der Waals surface area contributed by atoms with E-state index in [0.717, 1.165) is 5.75 Å². The van der Waals surface area contributed by atoms with Crippen molar-refractivity contribution in [2.24, 2.45) is 0 Å². The van der Waals surface area contributed by atoms with Gasteiger partial charge >= 0.3 is 0 Å². The van der Waals surface area contributed by atoms with E-state index < -0.39 is 0 Å². The van der Waals surface area contributed by atoms with Gasteiger partial charge in [-0.15, -0.1) is 11.3 Å². The van der Waals surface area contributed by atoms with Gasteiger partial charge in [-0.2, -0.15) is 0 Å². The summed E-state index contributed by atoms with van der Waals surface area (Å²) in [6.07, 6.45) is 3.99. The third kappa shape index (κ3) is 3.91. The van der Waals surface area contributed by atoms with E-state index in [-0.39, 0.29) is 0 Å². The molecule has 2 aromatic carbocycles. The topological polar surface area (TPSA) is 9.23 Å². The summed E-state index contributed by atoms with van der Waals surface area (Å²) in [6.45, 7) is 4.75. The summed E-state index contributed by atoms with van der Waals surface area (Å²) in [5, 5.41) is 0. The van der Waals surface area contributed by atoms with Crippen LogP contribution < -0.4 is 4.74 Å². The molecule has 0 N–H and O–H groups in total. The Morgan fingerprint density at radius 2 is 1.43 bits per heavy atom. The molecule has 0 amide bonds. The number of benzene rings is 2. The van der Waals surface area contributed by atoms with Gasteiger partial charge in [0.25, 0.3) is 0 Å². The molecule has 23 heavy (non-hydrogen) atoms. The van der Waals surface area contributed by atoms with E-state index >= 15 is 0 Å². The lowest BCUT2D eigenvalue weighted by atomic mass is 10.0. The van der Waals surface area contributed by atoms with Gasteiger partial charge in [0, 0.05) is 9.75 Å². The quantitative estimate of drug-likeness (QED) is 0.498. The van der Waals surface area contributed by atoms with E-state index in [1.54, 1.807) is 0 Å². The number of hydrogen-bond acceptors (Lipinski definition) is 2.